The molecule has 0 saturated heterocycles. The van der Waals surface area contributed by atoms with Gasteiger partial charge in [0, 0.05) is 0 Å². The van der Waals surface area contributed by atoms with Crippen LogP contribution in [0.3, 0.4) is 0 Å². The first-order chi connectivity index (χ1) is 13.3. The maximum absolute atomic E-state index is 11.4. The van der Waals surface area contributed by atoms with E-state index in [1.807, 2.05) is 19.1 Å². The van der Waals surface area contributed by atoms with Gasteiger partial charge in [-0.3, -0.25) is 0 Å². The number of hydrogen-bond donors (Lipinski definition) is 2. The minimum absolute atomic E-state index is 0.140. The molecule has 3 aliphatic rings. The van der Waals surface area contributed by atoms with Crippen LogP contribution in [0.4, 0.5) is 0 Å². The lowest BCUT2D eigenvalue weighted by Crippen LogP contribution is -2.40. The summed E-state index contributed by atoms with van der Waals surface area (Å²) in [6.45, 7) is 4.55. The lowest BCUT2D eigenvalue weighted by atomic mass is 9.55. The van der Waals surface area contributed by atoms with Crippen molar-refractivity contribution in [2.75, 3.05) is 6.61 Å². The van der Waals surface area contributed by atoms with E-state index < -0.39 is 10.3 Å². The zero-order valence-corrected chi connectivity index (χ0v) is 17.6. The first kappa shape index (κ1) is 19.9. The average Bonchev–Trinajstić information content (AvgIpc) is 2.96. The van der Waals surface area contributed by atoms with E-state index in [0.29, 0.717) is 29.9 Å². The highest BCUT2D eigenvalue weighted by atomic mass is 32.2. The maximum Gasteiger partial charge on any atom is 0.380 e. The zero-order valence-electron chi connectivity index (χ0n) is 16.8. The molecule has 0 amide bonds. The average molecular weight is 406 g/mol. The second-order valence-corrected chi connectivity index (χ2v) is 10.1. The van der Waals surface area contributed by atoms with Crippen LogP contribution in [0.2, 0.25) is 0 Å². The molecule has 2 fully saturated rings. The first-order valence-electron chi connectivity index (χ1n) is 10.4. The second-order valence-electron chi connectivity index (χ2n) is 8.91. The van der Waals surface area contributed by atoms with Gasteiger partial charge in [0.2, 0.25) is 0 Å². The van der Waals surface area contributed by atoms with Crippen LogP contribution in [0.5, 0.6) is 5.75 Å². The van der Waals surface area contributed by atoms with Crippen molar-refractivity contribution < 1.29 is 17.7 Å². The summed E-state index contributed by atoms with van der Waals surface area (Å²) in [7, 11) is -4.02. The number of rotatable bonds is 4. The van der Waals surface area contributed by atoms with Crippen LogP contribution in [-0.2, 0) is 23.1 Å². The Hall–Kier alpha value is -1.37. The number of allylic oxidation sites excluding steroid dienone is 1. The normalized spacial score (nSPS) is 33.3. The van der Waals surface area contributed by atoms with E-state index in [-0.39, 0.29) is 12.0 Å². The summed E-state index contributed by atoms with van der Waals surface area (Å²) in [6.07, 6.45) is 9.46. The molecular weight excluding hydrogens is 374 g/mol. The SMILES string of the molecule is CCc1cc2c(cc1OS(N)(=O)=O)CC[C@@H]1[C@@H]2CC[C@]2(C)/C(=C/CO)CC[C@@H]12. The Labute approximate surface area is 168 Å². The zero-order chi connectivity index (χ0) is 20.1. The lowest BCUT2D eigenvalue weighted by Gasteiger charge is -2.49. The van der Waals surface area contributed by atoms with E-state index in [1.54, 1.807) is 0 Å². The molecule has 28 heavy (non-hydrogen) atoms. The molecule has 0 aliphatic heterocycles. The molecule has 0 bridgehead atoms. The Kier molecular flexibility index (Phi) is 5.09. The van der Waals surface area contributed by atoms with Crippen LogP contribution >= 0.6 is 0 Å². The molecular formula is C22H31NO4S. The topological polar surface area (TPSA) is 89.6 Å². The van der Waals surface area contributed by atoms with Crippen molar-refractivity contribution in [2.24, 2.45) is 22.4 Å². The summed E-state index contributed by atoms with van der Waals surface area (Å²) >= 11 is 0. The molecule has 3 N–H and O–H groups in total. The van der Waals surface area contributed by atoms with Crippen LogP contribution < -0.4 is 9.32 Å². The Balaban J connectivity index is 1.69. The van der Waals surface area contributed by atoms with Gasteiger partial charge in [0.1, 0.15) is 5.75 Å². The van der Waals surface area contributed by atoms with Crippen LogP contribution in [0.15, 0.2) is 23.8 Å². The van der Waals surface area contributed by atoms with Gasteiger partial charge < -0.3 is 9.29 Å². The molecule has 6 heteroatoms. The summed E-state index contributed by atoms with van der Waals surface area (Å²) in [5.74, 6) is 2.24. The van der Waals surface area contributed by atoms with Gasteiger partial charge in [-0.2, -0.15) is 13.6 Å². The fraction of sp³-hybridized carbons (Fsp3) is 0.636. The molecule has 3 aliphatic carbocycles. The molecule has 4 atom stereocenters. The molecule has 0 radical (unpaired) electrons. The van der Waals surface area contributed by atoms with Crippen LogP contribution in [0, 0.1) is 17.3 Å². The molecule has 1 aromatic rings. The summed E-state index contributed by atoms with van der Waals surface area (Å²) in [5.41, 5.74) is 5.19. The molecule has 4 rings (SSSR count). The van der Waals surface area contributed by atoms with Crippen molar-refractivity contribution >= 4 is 10.3 Å². The Morgan fingerprint density at radius 3 is 2.75 bits per heavy atom. The highest BCUT2D eigenvalue weighted by Crippen LogP contribution is 2.62. The smallest absolute Gasteiger partial charge is 0.380 e. The Morgan fingerprint density at radius 2 is 2.07 bits per heavy atom. The standard InChI is InChI=1S/C22H31NO4S/c1-3-14-12-19-15(13-21(14)27-28(23,25)26)4-6-18-17(19)8-10-22(2)16(9-11-24)5-7-20(18)22/h9,12-13,17-18,20,24H,3-8,10-11H2,1-2H3,(H2,23,25,26)/b16-9+/t17-,18+,20-,22+/m0/s1. The first-order valence-corrected chi connectivity index (χ1v) is 11.9. The summed E-state index contributed by atoms with van der Waals surface area (Å²) < 4.78 is 28.0. The van der Waals surface area contributed by atoms with Gasteiger partial charge in [0.05, 0.1) is 6.61 Å². The molecule has 2 saturated carbocycles. The second kappa shape index (κ2) is 7.15. The van der Waals surface area contributed by atoms with Crippen molar-refractivity contribution in [1.29, 1.82) is 0 Å². The quantitative estimate of drug-likeness (QED) is 0.749. The summed E-state index contributed by atoms with van der Waals surface area (Å²) in [4.78, 5) is 0. The van der Waals surface area contributed by atoms with E-state index in [4.69, 9.17) is 9.32 Å². The largest absolute Gasteiger partial charge is 0.392 e. The molecule has 0 aromatic heterocycles. The molecule has 0 unspecified atom stereocenters. The van der Waals surface area contributed by atoms with Crippen LogP contribution in [0.25, 0.3) is 0 Å². The summed E-state index contributed by atoms with van der Waals surface area (Å²) in [6, 6.07) is 4.09. The number of benzene rings is 1. The minimum atomic E-state index is -4.02. The monoisotopic (exact) mass is 405 g/mol. The highest BCUT2D eigenvalue weighted by molar-refractivity contribution is 7.84. The van der Waals surface area contributed by atoms with E-state index in [9.17, 15) is 13.5 Å². The van der Waals surface area contributed by atoms with Crippen molar-refractivity contribution in [3.8, 4) is 5.75 Å². The van der Waals surface area contributed by atoms with Gasteiger partial charge in [-0.25, -0.2) is 0 Å². The van der Waals surface area contributed by atoms with E-state index >= 15 is 0 Å². The number of nitrogens with two attached hydrogens (primary N) is 1. The van der Waals surface area contributed by atoms with Gasteiger partial charge in [0.25, 0.3) is 0 Å². The van der Waals surface area contributed by atoms with Gasteiger partial charge in [0.15, 0.2) is 0 Å². The third-order valence-corrected chi connectivity index (χ3v) is 8.09. The van der Waals surface area contributed by atoms with Gasteiger partial charge >= 0.3 is 10.3 Å². The summed E-state index contributed by atoms with van der Waals surface area (Å²) in [5, 5.41) is 14.5. The fourth-order valence-corrected chi connectivity index (χ4v) is 6.82. The number of hydrogen-bond acceptors (Lipinski definition) is 4. The molecule has 0 heterocycles. The van der Waals surface area contributed by atoms with Crippen LogP contribution in [-0.4, -0.2) is 20.1 Å². The molecule has 0 spiro atoms. The van der Waals surface area contributed by atoms with Crippen molar-refractivity contribution in [3.05, 3.63) is 40.5 Å². The molecule has 5 nitrogen and oxygen atoms in total. The van der Waals surface area contributed by atoms with Gasteiger partial charge in [-0.05, 0) is 90.9 Å². The highest BCUT2D eigenvalue weighted by Gasteiger charge is 2.52. The van der Waals surface area contributed by atoms with Crippen molar-refractivity contribution in [1.82, 2.24) is 0 Å². The predicted molar refractivity (Wildman–Crippen MR) is 109 cm³/mol. The number of aliphatic hydroxyl groups is 1. The number of aliphatic hydroxyl groups excluding tert-OH is 1. The van der Waals surface area contributed by atoms with E-state index in [0.717, 1.165) is 37.7 Å². The third-order valence-electron chi connectivity index (χ3n) is 7.68. The maximum atomic E-state index is 11.4. The predicted octanol–water partition coefficient (Wildman–Crippen LogP) is 3.61. The number of fused-ring (bicyclic) bond motifs is 5. The molecule has 154 valence electrons. The molecule has 1 aromatic carbocycles. The van der Waals surface area contributed by atoms with E-state index in [2.05, 4.69) is 13.0 Å². The van der Waals surface area contributed by atoms with Gasteiger partial charge in [-0.15, -0.1) is 0 Å². The van der Waals surface area contributed by atoms with E-state index in [1.165, 1.54) is 23.1 Å². The Bertz CT molecular complexity index is 907. The third kappa shape index (κ3) is 3.29. The minimum Gasteiger partial charge on any atom is -0.392 e. The van der Waals surface area contributed by atoms with Crippen molar-refractivity contribution in [2.45, 2.75) is 64.7 Å². The van der Waals surface area contributed by atoms with Crippen molar-refractivity contribution in [3.63, 3.8) is 0 Å². The van der Waals surface area contributed by atoms with Crippen LogP contribution in [0.1, 0.15) is 68.6 Å². The fourth-order valence-electron chi connectivity index (χ4n) is 6.42. The Morgan fingerprint density at radius 1 is 1.29 bits per heavy atom. The van der Waals surface area contributed by atoms with Gasteiger partial charge in [-0.1, -0.05) is 31.6 Å². The lowest BCUT2D eigenvalue weighted by molar-refractivity contribution is 0.0809. The number of aryl methyl sites for hydroxylation is 2.